The number of nitrogen functional groups attached to an aromatic ring is 1. The summed E-state index contributed by atoms with van der Waals surface area (Å²) in [7, 11) is 4.35. The van der Waals surface area contributed by atoms with Crippen molar-refractivity contribution in [2.45, 2.75) is 25.8 Å². The van der Waals surface area contributed by atoms with Crippen molar-refractivity contribution >= 4 is 5.82 Å². The first kappa shape index (κ1) is 21.7. The molecule has 6 heteroatoms. The van der Waals surface area contributed by atoms with Gasteiger partial charge in [0.15, 0.2) is 0 Å². The van der Waals surface area contributed by atoms with E-state index >= 15 is 0 Å². The van der Waals surface area contributed by atoms with Gasteiger partial charge in [-0.3, -0.25) is 0 Å². The molecule has 1 saturated heterocycles. The number of pyridine rings is 1. The predicted molar refractivity (Wildman–Crippen MR) is 117 cm³/mol. The number of anilines is 1. The number of nitrogens with zero attached hydrogens (tertiary/aromatic N) is 3. The summed E-state index contributed by atoms with van der Waals surface area (Å²) in [6, 6.07) is 11.4. The van der Waals surface area contributed by atoms with Crippen LogP contribution in [0.1, 0.15) is 16.8 Å². The lowest BCUT2D eigenvalue weighted by Gasteiger charge is -2.30. The van der Waals surface area contributed by atoms with Gasteiger partial charge in [-0.2, -0.15) is 0 Å². The van der Waals surface area contributed by atoms with Crippen LogP contribution in [-0.4, -0.2) is 67.6 Å². The lowest BCUT2D eigenvalue weighted by atomic mass is 9.96. The zero-order chi connectivity index (χ0) is 20.8. The van der Waals surface area contributed by atoms with E-state index in [1.807, 2.05) is 12.1 Å². The van der Waals surface area contributed by atoms with E-state index in [-0.39, 0.29) is 5.82 Å². The number of nitrogens with two attached hydrogens (primary N) is 1. The van der Waals surface area contributed by atoms with E-state index in [0.29, 0.717) is 17.8 Å². The molecule has 3 rings (SSSR count). The van der Waals surface area contributed by atoms with E-state index in [1.54, 1.807) is 12.1 Å². The summed E-state index contributed by atoms with van der Waals surface area (Å²) in [6.45, 7) is 7.01. The maximum Gasteiger partial charge on any atom is 0.123 e. The van der Waals surface area contributed by atoms with Gasteiger partial charge >= 0.3 is 0 Å². The molecule has 0 saturated carbocycles. The van der Waals surface area contributed by atoms with Crippen molar-refractivity contribution in [3.63, 3.8) is 0 Å². The second-order valence-corrected chi connectivity index (χ2v) is 8.41. The Kier molecular flexibility index (Phi) is 7.58. The highest BCUT2D eigenvalue weighted by Gasteiger charge is 2.30. The van der Waals surface area contributed by atoms with E-state index in [9.17, 15) is 4.39 Å². The molecule has 0 spiro atoms. The minimum atomic E-state index is -0.158. The molecule has 0 aliphatic carbocycles. The molecule has 1 aliphatic rings. The fraction of sp³-hybridized carbons (Fsp3) is 0.522. The number of aromatic nitrogens is 1. The molecule has 0 amide bonds. The Bertz CT molecular complexity index is 776. The van der Waals surface area contributed by atoms with E-state index in [2.05, 4.69) is 47.2 Å². The van der Waals surface area contributed by atoms with E-state index < -0.39 is 0 Å². The largest absolute Gasteiger partial charge is 0.384 e. The first-order chi connectivity index (χ1) is 13.9. The summed E-state index contributed by atoms with van der Waals surface area (Å²) in [5, 5.41) is 3.54. The van der Waals surface area contributed by atoms with Crippen molar-refractivity contribution in [2.24, 2.45) is 5.92 Å². The van der Waals surface area contributed by atoms with E-state index in [0.717, 1.165) is 56.8 Å². The second-order valence-electron chi connectivity index (χ2n) is 8.41. The SMILES string of the molecule is Cc1cc(N)nc(C[C@H]2CNC[C@H]2N(C)CCN(C)CCc2cccc(F)c2)c1. The fourth-order valence-corrected chi connectivity index (χ4v) is 4.20. The zero-order valence-electron chi connectivity index (χ0n) is 17.9. The average Bonchev–Trinajstić information content (AvgIpc) is 3.12. The van der Waals surface area contributed by atoms with Gasteiger partial charge in [-0.25, -0.2) is 9.37 Å². The Morgan fingerprint density at radius 2 is 1.97 bits per heavy atom. The Balaban J connectivity index is 1.46. The van der Waals surface area contributed by atoms with Crippen LogP contribution in [0.15, 0.2) is 36.4 Å². The molecule has 1 aromatic heterocycles. The number of nitrogens with one attached hydrogen (secondary N) is 1. The van der Waals surface area contributed by atoms with Crippen LogP contribution in [0.25, 0.3) is 0 Å². The summed E-state index contributed by atoms with van der Waals surface area (Å²) in [6.07, 6.45) is 1.81. The predicted octanol–water partition coefficient (Wildman–Crippen LogP) is 2.35. The van der Waals surface area contributed by atoms with Crippen LogP contribution < -0.4 is 11.1 Å². The Morgan fingerprint density at radius 1 is 1.14 bits per heavy atom. The fourth-order valence-electron chi connectivity index (χ4n) is 4.20. The maximum atomic E-state index is 13.3. The molecule has 1 fully saturated rings. The third-order valence-electron chi connectivity index (χ3n) is 5.89. The Morgan fingerprint density at radius 3 is 2.72 bits per heavy atom. The molecule has 1 aromatic carbocycles. The standard InChI is InChI=1S/C23H34FN5/c1-17-11-21(27-23(25)12-17)14-19-15-26-16-22(19)29(3)10-9-28(2)8-7-18-5-4-6-20(24)13-18/h4-6,11-13,19,22,26H,7-10,14-16H2,1-3H3,(H2,25,27)/t19-,22+/m0/s1. The lowest BCUT2D eigenvalue weighted by molar-refractivity contribution is 0.184. The smallest absolute Gasteiger partial charge is 0.123 e. The van der Waals surface area contributed by atoms with Gasteiger partial charge in [0, 0.05) is 37.9 Å². The zero-order valence-corrected chi connectivity index (χ0v) is 17.9. The molecule has 0 radical (unpaired) electrons. The van der Waals surface area contributed by atoms with Gasteiger partial charge in [0.1, 0.15) is 11.6 Å². The number of aryl methyl sites for hydroxylation is 1. The van der Waals surface area contributed by atoms with Crippen molar-refractivity contribution in [2.75, 3.05) is 52.6 Å². The Hall–Kier alpha value is -2.02. The van der Waals surface area contributed by atoms with E-state index in [1.165, 1.54) is 11.6 Å². The summed E-state index contributed by atoms with van der Waals surface area (Å²) in [5.74, 6) is 0.983. The number of rotatable bonds is 9. The Labute approximate surface area is 174 Å². The molecule has 0 unspecified atom stereocenters. The molecule has 2 heterocycles. The molecule has 158 valence electrons. The average molecular weight is 400 g/mol. The van der Waals surface area contributed by atoms with Crippen LogP contribution in [0.2, 0.25) is 0 Å². The second kappa shape index (κ2) is 10.1. The number of halogens is 1. The van der Waals surface area contributed by atoms with Crippen LogP contribution in [0.5, 0.6) is 0 Å². The third kappa shape index (κ3) is 6.49. The number of likely N-dealkylation sites (N-methyl/N-ethyl adjacent to an activating group) is 2. The van der Waals surface area contributed by atoms with Gasteiger partial charge in [0.05, 0.1) is 0 Å². The van der Waals surface area contributed by atoms with E-state index in [4.69, 9.17) is 5.73 Å². The molecule has 5 nitrogen and oxygen atoms in total. The summed E-state index contributed by atoms with van der Waals surface area (Å²) in [4.78, 5) is 9.30. The third-order valence-corrected chi connectivity index (χ3v) is 5.89. The lowest BCUT2D eigenvalue weighted by Crippen LogP contribution is -2.42. The molecular formula is C23H34FN5. The van der Waals surface area contributed by atoms with Crippen LogP contribution >= 0.6 is 0 Å². The van der Waals surface area contributed by atoms with Crippen molar-refractivity contribution in [3.8, 4) is 0 Å². The molecule has 0 bridgehead atoms. The molecule has 3 N–H and O–H groups in total. The normalized spacial score (nSPS) is 19.4. The maximum absolute atomic E-state index is 13.3. The molecule has 1 aliphatic heterocycles. The van der Waals surface area contributed by atoms with Crippen LogP contribution in [0, 0.1) is 18.7 Å². The van der Waals surface area contributed by atoms with Crippen LogP contribution in [-0.2, 0) is 12.8 Å². The minimum absolute atomic E-state index is 0.158. The molecular weight excluding hydrogens is 365 g/mol. The van der Waals surface area contributed by atoms with Crippen LogP contribution in [0.4, 0.5) is 10.2 Å². The molecule has 2 aromatic rings. The summed E-state index contributed by atoms with van der Waals surface area (Å²) < 4.78 is 13.3. The number of benzene rings is 1. The molecule has 29 heavy (non-hydrogen) atoms. The van der Waals surface area contributed by atoms with Gasteiger partial charge in [-0.15, -0.1) is 0 Å². The van der Waals surface area contributed by atoms with Crippen molar-refractivity contribution < 1.29 is 4.39 Å². The van der Waals surface area contributed by atoms with Gasteiger partial charge in [-0.1, -0.05) is 12.1 Å². The highest BCUT2D eigenvalue weighted by Crippen LogP contribution is 2.20. The monoisotopic (exact) mass is 399 g/mol. The highest BCUT2D eigenvalue weighted by molar-refractivity contribution is 5.34. The van der Waals surface area contributed by atoms with Gasteiger partial charge < -0.3 is 20.9 Å². The quantitative estimate of drug-likeness (QED) is 0.678. The van der Waals surface area contributed by atoms with Gasteiger partial charge in [0.2, 0.25) is 0 Å². The topological polar surface area (TPSA) is 57.4 Å². The first-order valence-electron chi connectivity index (χ1n) is 10.5. The van der Waals surface area contributed by atoms with Crippen LogP contribution in [0.3, 0.4) is 0 Å². The number of hydrogen-bond acceptors (Lipinski definition) is 5. The van der Waals surface area contributed by atoms with Gasteiger partial charge in [0.25, 0.3) is 0 Å². The minimum Gasteiger partial charge on any atom is -0.384 e. The van der Waals surface area contributed by atoms with Crippen molar-refractivity contribution in [3.05, 3.63) is 59.0 Å². The summed E-state index contributed by atoms with van der Waals surface area (Å²) in [5.41, 5.74) is 9.23. The number of hydrogen-bond donors (Lipinski definition) is 2. The summed E-state index contributed by atoms with van der Waals surface area (Å²) >= 11 is 0. The highest BCUT2D eigenvalue weighted by atomic mass is 19.1. The van der Waals surface area contributed by atoms with Gasteiger partial charge in [-0.05, 0) is 81.7 Å². The molecule has 2 atom stereocenters. The first-order valence-corrected chi connectivity index (χ1v) is 10.5. The van der Waals surface area contributed by atoms with Crippen molar-refractivity contribution in [1.29, 1.82) is 0 Å². The van der Waals surface area contributed by atoms with Crippen molar-refractivity contribution in [1.82, 2.24) is 20.1 Å².